The number of hydrogen-bond donors (Lipinski definition) is 2. The average molecular weight is 262 g/mol. The molecule has 1 aliphatic heterocycles. The maximum atomic E-state index is 9.70. The summed E-state index contributed by atoms with van der Waals surface area (Å²) in [4.78, 5) is 4.41. The lowest BCUT2D eigenvalue weighted by Crippen LogP contribution is -1.92. The van der Waals surface area contributed by atoms with Crippen molar-refractivity contribution < 1.29 is 10.2 Å². The lowest BCUT2D eigenvalue weighted by atomic mass is 10.2. The van der Waals surface area contributed by atoms with E-state index >= 15 is 0 Å². The van der Waals surface area contributed by atoms with Gasteiger partial charge in [-0.05, 0) is 37.3 Å². The van der Waals surface area contributed by atoms with Crippen molar-refractivity contribution >= 4 is 23.5 Å². The largest absolute Gasteiger partial charge is 0.508 e. The lowest BCUT2D eigenvalue weighted by molar-refractivity contribution is 0.468. The molecule has 0 saturated carbocycles. The summed E-state index contributed by atoms with van der Waals surface area (Å²) in [7, 11) is 0. The molecule has 0 fully saturated rings. The summed E-state index contributed by atoms with van der Waals surface area (Å²) in [5.74, 6) is 0.620. The van der Waals surface area contributed by atoms with E-state index in [2.05, 4.69) is 0 Å². The second kappa shape index (κ2) is 3.89. The Balaban J connectivity index is 2.14. The molecule has 2 nitrogen and oxygen atoms in total. The van der Waals surface area contributed by atoms with E-state index in [4.69, 9.17) is 0 Å². The van der Waals surface area contributed by atoms with Gasteiger partial charge in [-0.1, -0.05) is 23.5 Å². The van der Waals surface area contributed by atoms with Crippen molar-refractivity contribution in [3.63, 3.8) is 0 Å². The zero-order valence-electron chi connectivity index (χ0n) is 9.10. The Hall–Kier alpha value is -1.26. The Morgan fingerprint density at radius 1 is 0.882 bits per heavy atom. The highest BCUT2D eigenvalue weighted by atomic mass is 32.2. The minimum atomic E-state index is 0.288. The van der Waals surface area contributed by atoms with Gasteiger partial charge >= 0.3 is 0 Å². The smallest absolute Gasteiger partial charge is 0.119 e. The molecule has 2 N–H and O–H groups in total. The minimum absolute atomic E-state index is 0.288. The quantitative estimate of drug-likeness (QED) is 0.642. The maximum absolute atomic E-state index is 9.70. The Kier molecular flexibility index (Phi) is 2.49. The topological polar surface area (TPSA) is 40.5 Å². The van der Waals surface area contributed by atoms with Gasteiger partial charge in [-0.25, -0.2) is 0 Å². The molecule has 1 heterocycles. The van der Waals surface area contributed by atoms with E-state index in [0.717, 1.165) is 25.1 Å². The van der Waals surface area contributed by atoms with Gasteiger partial charge in [-0.2, -0.15) is 0 Å². The van der Waals surface area contributed by atoms with E-state index in [9.17, 15) is 10.2 Å². The van der Waals surface area contributed by atoms with Gasteiger partial charge in [0.1, 0.15) is 11.5 Å². The van der Waals surface area contributed by atoms with Gasteiger partial charge in [0.2, 0.25) is 0 Å². The van der Waals surface area contributed by atoms with Gasteiger partial charge in [0, 0.05) is 25.1 Å². The Bertz CT molecular complexity index is 609. The molecule has 17 heavy (non-hydrogen) atoms. The van der Waals surface area contributed by atoms with Crippen LogP contribution in [0.15, 0.2) is 49.9 Å². The SMILES string of the molecule is Cc1c(O)ccc2c1Sc1ccc(O)cc1S2. The van der Waals surface area contributed by atoms with Crippen LogP contribution >= 0.6 is 23.5 Å². The first kappa shape index (κ1) is 10.9. The summed E-state index contributed by atoms with van der Waals surface area (Å²) in [6.45, 7) is 1.92. The number of aromatic hydroxyl groups is 2. The first-order valence-electron chi connectivity index (χ1n) is 5.16. The normalized spacial score (nSPS) is 13.0. The van der Waals surface area contributed by atoms with E-state index < -0.39 is 0 Å². The van der Waals surface area contributed by atoms with E-state index in [1.807, 2.05) is 19.1 Å². The summed E-state index contributed by atoms with van der Waals surface area (Å²) in [5, 5.41) is 19.2. The molecule has 0 bridgehead atoms. The summed E-state index contributed by atoms with van der Waals surface area (Å²) in [6, 6.07) is 9.01. The van der Waals surface area contributed by atoms with Gasteiger partial charge in [0.15, 0.2) is 0 Å². The molecule has 2 aromatic rings. The van der Waals surface area contributed by atoms with Gasteiger partial charge < -0.3 is 10.2 Å². The molecule has 4 heteroatoms. The van der Waals surface area contributed by atoms with Crippen molar-refractivity contribution in [2.45, 2.75) is 26.5 Å². The zero-order chi connectivity index (χ0) is 12.0. The summed E-state index contributed by atoms with van der Waals surface area (Å²) in [6.07, 6.45) is 0. The van der Waals surface area contributed by atoms with Crippen LogP contribution in [0.5, 0.6) is 11.5 Å². The van der Waals surface area contributed by atoms with Crippen molar-refractivity contribution in [2.24, 2.45) is 0 Å². The third kappa shape index (κ3) is 1.77. The summed E-state index contributed by atoms with van der Waals surface area (Å²) >= 11 is 3.27. The van der Waals surface area contributed by atoms with Crippen LogP contribution in [0, 0.1) is 6.92 Å². The Labute approximate surface area is 108 Å². The third-order valence-corrected chi connectivity index (χ3v) is 5.38. The number of benzene rings is 2. The van der Waals surface area contributed by atoms with Gasteiger partial charge in [-0.3, -0.25) is 0 Å². The third-order valence-electron chi connectivity index (χ3n) is 2.70. The molecule has 0 amide bonds. The molecule has 0 radical (unpaired) electrons. The lowest BCUT2D eigenvalue weighted by Gasteiger charge is -2.20. The highest BCUT2D eigenvalue weighted by molar-refractivity contribution is 8.05. The maximum Gasteiger partial charge on any atom is 0.119 e. The summed E-state index contributed by atoms with van der Waals surface area (Å²) < 4.78 is 0. The molecular formula is C13H10O2S2. The van der Waals surface area contributed by atoms with Crippen LogP contribution in [0.1, 0.15) is 5.56 Å². The van der Waals surface area contributed by atoms with Crippen LogP contribution in [0.3, 0.4) is 0 Å². The highest BCUT2D eigenvalue weighted by Crippen LogP contribution is 2.51. The van der Waals surface area contributed by atoms with Crippen LogP contribution in [0.25, 0.3) is 0 Å². The Morgan fingerprint density at radius 2 is 1.65 bits per heavy atom. The van der Waals surface area contributed by atoms with E-state index in [1.54, 1.807) is 41.7 Å². The number of rotatable bonds is 0. The molecule has 2 aromatic carbocycles. The molecule has 86 valence electrons. The van der Waals surface area contributed by atoms with Crippen LogP contribution < -0.4 is 0 Å². The number of phenolic OH excluding ortho intramolecular Hbond substituents is 2. The predicted octanol–water partition coefficient (Wildman–Crippen LogP) is 4.02. The van der Waals surface area contributed by atoms with Crippen molar-refractivity contribution in [2.75, 3.05) is 0 Å². The fourth-order valence-electron chi connectivity index (χ4n) is 1.75. The van der Waals surface area contributed by atoms with Crippen molar-refractivity contribution in [1.29, 1.82) is 0 Å². The molecule has 0 spiro atoms. The molecule has 0 saturated heterocycles. The minimum Gasteiger partial charge on any atom is -0.508 e. The van der Waals surface area contributed by atoms with Gasteiger partial charge in [-0.15, -0.1) is 0 Å². The van der Waals surface area contributed by atoms with Crippen LogP contribution in [0.2, 0.25) is 0 Å². The standard InChI is InChI=1S/C13H10O2S2/c1-7-9(15)3-5-11-13(7)17-10-4-2-8(14)6-12(10)16-11/h2-6,14-15H,1H3. The molecule has 0 atom stereocenters. The second-order valence-corrected chi connectivity index (χ2v) is 6.01. The number of hydrogen-bond acceptors (Lipinski definition) is 4. The first-order chi connectivity index (χ1) is 8.15. The first-order valence-corrected chi connectivity index (χ1v) is 6.80. The molecule has 0 unspecified atom stereocenters. The van der Waals surface area contributed by atoms with Gasteiger partial charge in [0.25, 0.3) is 0 Å². The van der Waals surface area contributed by atoms with E-state index in [0.29, 0.717) is 5.75 Å². The molecule has 1 aliphatic rings. The van der Waals surface area contributed by atoms with Crippen molar-refractivity contribution in [3.05, 3.63) is 35.9 Å². The van der Waals surface area contributed by atoms with E-state index in [1.165, 1.54) is 0 Å². The van der Waals surface area contributed by atoms with Crippen LogP contribution in [-0.2, 0) is 0 Å². The molecule has 0 aromatic heterocycles. The van der Waals surface area contributed by atoms with E-state index in [-0.39, 0.29) is 5.75 Å². The highest BCUT2D eigenvalue weighted by Gasteiger charge is 2.20. The zero-order valence-corrected chi connectivity index (χ0v) is 10.7. The van der Waals surface area contributed by atoms with Crippen molar-refractivity contribution in [3.8, 4) is 11.5 Å². The molecule has 0 aliphatic carbocycles. The molecular weight excluding hydrogens is 252 g/mol. The van der Waals surface area contributed by atoms with Crippen molar-refractivity contribution in [1.82, 2.24) is 0 Å². The number of phenols is 2. The summed E-state index contributed by atoms with van der Waals surface area (Å²) in [5.41, 5.74) is 0.915. The average Bonchev–Trinajstić information content (AvgIpc) is 2.32. The molecule has 3 rings (SSSR count). The number of fused-ring (bicyclic) bond motifs is 2. The van der Waals surface area contributed by atoms with Crippen LogP contribution in [-0.4, -0.2) is 10.2 Å². The van der Waals surface area contributed by atoms with Gasteiger partial charge in [0.05, 0.1) is 0 Å². The fraction of sp³-hybridized carbons (Fsp3) is 0.0769. The Morgan fingerprint density at radius 3 is 2.47 bits per heavy atom. The fourth-order valence-corrected chi connectivity index (χ4v) is 4.16. The monoisotopic (exact) mass is 262 g/mol. The predicted molar refractivity (Wildman–Crippen MR) is 69.2 cm³/mol. The van der Waals surface area contributed by atoms with Crippen LogP contribution in [0.4, 0.5) is 0 Å². The second-order valence-electron chi connectivity index (χ2n) is 3.87.